The highest BCUT2D eigenvalue weighted by Gasteiger charge is 2.42. The number of ether oxygens (including phenoxy) is 1. The number of nitrogens with zero attached hydrogens (tertiary/aromatic N) is 1. The Morgan fingerprint density at radius 3 is 2.20 bits per heavy atom. The fourth-order valence-corrected chi connectivity index (χ4v) is 5.08. The SMILES string of the molecule is N#Cc1ccccc1OCC(=O)NCC1CC2c3ccccc3C1c1ccccc12. The Kier molecular flexibility index (Phi) is 4.72. The summed E-state index contributed by atoms with van der Waals surface area (Å²) in [6.07, 6.45) is 1.04. The van der Waals surface area contributed by atoms with Crippen LogP contribution < -0.4 is 10.1 Å². The highest BCUT2D eigenvalue weighted by atomic mass is 16.5. The molecule has 0 aliphatic heterocycles. The van der Waals surface area contributed by atoms with E-state index in [1.165, 1.54) is 22.3 Å². The molecule has 0 fully saturated rings. The third kappa shape index (κ3) is 3.13. The molecule has 1 amide bonds. The van der Waals surface area contributed by atoms with Crippen molar-refractivity contribution in [3.63, 3.8) is 0 Å². The minimum absolute atomic E-state index is 0.0906. The van der Waals surface area contributed by atoms with Crippen LogP contribution in [0.2, 0.25) is 0 Å². The molecule has 148 valence electrons. The Hall–Kier alpha value is -3.58. The molecule has 1 N–H and O–H groups in total. The summed E-state index contributed by atoms with van der Waals surface area (Å²) in [5, 5.41) is 12.2. The second kappa shape index (κ2) is 7.68. The van der Waals surface area contributed by atoms with Crippen molar-refractivity contribution in [2.75, 3.05) is 13.2 Å². The van der Waals surface area contributed by atoms with E-state index in [2.05, 4.69) is 59.9 Å². The molecule has 30 heavy (non-hydrogen) atoms. The number of nitriles is 1. The Labute approximate surface area is 176 Å². The molecule has 3 aromatic rings. The summed E-state index contributed by atoms with van der Waals surface area (Å²) >= 11 is 0. The Morgan fingerprint density at radius 2 is 1.53 bits per heavy atom. The van der Waals surface area contributed by atoms with E-state index in [9.17, 15) is 4.79 Å². The van der Waals surface area contributed by atoms with Gasteiger partial charge in [0.2, 0.25) is 0 Å². The lowest BCUT2D eigenvalue weighted by molar-refractivity contribution is -0.123. The average molecular weight is 394 g/mol. The molecule has 2 bridgehead atoms. The number of carbonyl (C=O) groups excluding carboxylic acids is 1. The van der Waals surface area contributed by atoms with Crippen LogP contribution >= 0.6 is 0 Å². The maximum absolute atomic E-state index is 12.4. The first-order chi connectivity index (χ1) is 14.8. The predicted octanol–water partition coefficient (Wildman–Crippen LogP) is 4.35. The van der Waals surface area contributed by atoms with Gasteiger partial charge in [-0.1, -0.05) is 60.7 Å². The number of para-hydroxylation sites is 1. The number of nitrogens with one attached hydrogen (secondary N) is 1. The number of rotatable bonds is 5. The highest BCUT2D eigenvalue weighted by molar-refractivity contribution is 5.77. The standard InChI is InChI=1S/C26H22N2O2/c27-14-17-7-1-6-12-24(17)30-16-25(29)28-15-18-13-23-19-8-2-4-10-21(19)26(18)22-11-5-3-9-20(22)23/h1-12,18,23,26H,13,15-16H2,(H,28,29). The van der Waals surface area contributed by atoms with Crippen LogP contribution in [0.4, 0.5) is 0 Å². The number of hydrogen-bond donors (Lipinski definition) is 1. The van der Waals surface area contributed by atoms with Gasteiger partial charge in [-0.15, -0.1) is 0 Å². The molecule has 4 heteroatoms. The fourth-order valence-electron chi connectivity index (χ4n) is 5.08. The van der Waals surface area contributed by atoms with Crippen molar-refractivity contribution in [3.05, 3.63) is 101 Å². The van der Waals surface area contributed by atoms with Crippen LogP contribution in [0.25, 0.3) is 0 Å². The van der Waals surface area contributed by atoms with Gasteiger partial charge < -0.3 is 10.1 Å². The minimum atomic E-state index is -0.161. The van der Waals surface area contributed by atoms with Gasteiger partial charge in [0.15, 0.2) is 6.61 Å². The minimum Gasteiger partial charge on any atom is -0.482 e. The van der Waals surface area contributed by atoms with Crippen LogP contribution in [0.15, 0.2) is 72.8 Å². The van der Waals surface area contributed by atoms with Crippen molar-refractivity contribution in [2.24, 2.45) is 5.92 Å². The first kappa shape index (κ1) is 18.4. The maximum atomic E-state index is 12.4. The normalized spacial score (nSPS) is 20.6. The number of amides is 1. The molecule has 0 radical (unpaired) electrons. The van der Waals surface area contributed by atoms with E-state index in [0.29, 0.717) is 35.6 Å². The monoisotopic (exact) mass is 394 g/mol. The van der Waals surface area contributed by atoms with Gasteiger partial charge in [0.1, 0.15) is 11.8 Å². The van der Waals surface area contributed by atoms with Gasteiger partial charge >= 0.3 is 0 Å². The lowest BCUT2D eigenvalue weighted by atomic mass is 9.59. The lowest BCUT2D eigenvalue weighted by Crippen LogP contribution is -2.40. The van der Waals surface area contributed by atoms with E-state index in [-0.39, 0.29) is 12.5 Å². The van der Waals surface area contributed by atoms with E-state index < -0.39 is 0 Å². The van der Waals surface area contributed by atoms with Gasteiger partial charge in [-0.05, 0) is 46.7 Å². The molecule has 3 aliphatic rings. The summed E-state index contributed by atoms with van der Waals surface area (Å²) in [5.74, 6) is 1.33. The topological polar surface area (TPSA) is 62.1 Å². The van der Waals surface area contributed by atoms with Gasteiger partial charge in [-0.3, -0.25) is 4.79 Å². The van der Waals surface area contributed by atoms with E-state index in [1.807, 2.05) is 0 Å². The second-order valence-electron chi connectivity index (χ2n) is 7.98. The molecular weight excluding hydrogens is 372 g/mol. The molecule has 0 heterocycles. The predicted molar refractivity (Wildman–Crippen MR) is 114 cm³/mol. The third-order valence-electron chi connectivity index (χ3n) is 6.35. The van der Waals surface area contributed by atoms with Crippen molar-refractivity contribution in [1.29, 1.82) is 5.26 Å². The lowest BCUT2D eigenvalue weighted by Gasteiger charge is -2.45. The average Bonchev–Trinajstić information content (AvgIpc) is 2.81. The van der Waals surface area contributed by atoms with Crippen molar-refractivity contribution in [2.45, 2.75) is 18.3 Å². The zero-order valence-corrected chi connectivity index (χ0v) is 16.5. The van der Waals surface area contributed by atoms with Crippen LogP contribution in [0.1, 0.15) is 46.1 Å². The molecule has 0 saturated carbocycles. The summed E-state index contributed by atoms with van der Waals surface area (Å²) in [6.45, 7) is 0.526. The van der Waals surface area contributed by atoms with Gasteiger partial charge in [0.05, 0.1) is 5.56 Å². The molecule has 3 aliphatic carbocycles. The molecule has 3 aromatic carbocycles. The maximum Gasteiger partial charge on any atom is 0.257 e. The van der Waals surface area contributed by atoms with Gasteiger partial charge in [-0.25, -0.2) is 0 Å². The highest BCUT2D eigenvalue weighted by Crippen LogP contribution is 2.55. The van der Waals surface area contributed by atoms with Gasteiger partial charge in [0.25, 0.3) is 5.91 Å². The smallest absolute Gasteiger partial charge is 0.257 e. The van der Waals surface area contributed by atoms with Crippen molar-refractivity contribution < 1.29 is 9.53 Å². The van der Waals surface area contributed by atoms with Gasteiger partial charge in [0, 0.05) is 18.4 Å². The quantitative estimate of drug-likeness (QED) is 0.700. The fraction of sp³-hybridized carbons (Fsp3) is 0.231. The molecular formula is C26H22N2O2. The molecule has 4 nitrogen and oxygen atoms in total. The zero-order chi connectivity index (χ0) is 20.5. The third-order valence-corrected chi connectivity index (χ3v) is 6.35. The van der Waals surface area contributed by atoms with Gasteiger partial charge in [-0.2, -0.15) is 5.26 Å². The first-order valence-corrected chi connectivity index (χ1v) is 10.3. The molecule has 0 aromatic heterocycles. The number of hydrogen-bond acceptors (Lipinski definition) is 3. The molecule has 0 spiro atoms. The zero-order valence-electron chi connectivity index (χ0n) is 16.5. The van der Waals surface area contributed by atoms with E-state index >= 15 is 0 Å². The molecule has 1 atom stereocenters. The van der Waals surface area contributed by atoms with E-state index in [1.54, 1.807) is 24.3 Å². The van der Waals surface area contributed by atoms with Crippen molar-refractivity contribution >= 4 is 5.91 Å². The van der Waals surface area contributed by atoms with Crippen LogP contribution in [0.3, 0.4) is 0 Å². The number of carbonyl (C=O) groups is 1. The van der Waals surface area contributed by atoms with Crippen LogP contribution in [-0.2, 0) is 4.79 Å². The van der Waals surface area contributed by atoms with Crippen LogP contribution in [0.5, 0.6) is 5.75 Å². The van der Waals surface area contributed by atoms with Crippen molar-refractivity contribution in [3.8, 4) is 11.8 Å². The van der Waals surface area contributed by atoms with E-state index in [4.69, 9.17) is 10.00 Å². The molecule has 1 unspecified atom stereocenters. The number of fused-ring (bicyclic) bond motifs is 1. The van der Waals surface area contributed by atoms with Crippen LogP contribution in [0, 0.1) is 17.2 Å². The summed E-state index contributed by atoms with van der Waals surface area (Å²) < 4.78 is 5.57. The Morgan fingerprint density at radius 1 is 0.933 bits per heavy atom. The largest absolute Gasteiger partial charge is 0.482 e. The number of benzene rings is 3. The summed E-state index contributed by atoms with van der Waals surface area (Å²) in [4.78, 5) is 12.4. The summed E-state index contributed by atoms with van der Waals surface area (Å²) in [6, 6.07) is 26.5. The molecule has 0 saturated heterocycles. The van der Waals surface area contributed by atoms with E-state index in [0.717, 1.165) is 6.42 Å². The Balaban J connectivity index is 1.29. The van der Waals surface area contributed by atoms with Crippen LogP contribution in [-0.4, -0.2) is 19.1 Å². The summed E-state index contributed by atoms with van der Waals surface area (Å²) in [5.41, 5.74) is 6.08. The Bertz CT molecular complexity index is 1100. The first-order valence-electron chi connectivity index (χ1n) is 10.3. The van der Waals surface area contributed by atoms with Crippen molar-refractivity contribution in [1.82, 2.24) is 5.32 Å². The summed E-state index contributed by atoms with van der Waals surface area (Å²) in [7, 11) is 0. The second-order valence-corrected chi connectivity index (χ2v) is 7.98. The molecule has 6 rings (SSSR count).